The molecule has 0 spiro atoms. The van der Waals surface area contributed by atoms with Crippen LogP contribution in [0.4, 0.5) is 0 Å². The van der Waals surface area contributed by atoms with Crippen LogP contribution in [0.3, 0.4) is 0 Å². The predicted octanol–water partition coefficient (Wildman–Crippen LogP) is 14.3. The molecule has 62 heavy (non-hydrogen) atoms. The van der Waals surface area contributed by atoms with Crippen molar-refractivity contribution in [2.75, 3.05) is 0 Å². The van der Waals surface area contributed by atoms with Gasteiger partial charge in [0.1, 0.15) is 5.82 Å². The van der Waals surface area contributed by atoms with Crippen molar-refractivity contribution in [1.82, 2.24) is 24.1 Å². The molecule has 0 amide bonds. The van der Waals surface area contributed by atoms with E-state index in [0.717, 1.165) is 45.9 Å². The summed E-state index contributed by atoms with van der Waals surface area (Å²) in [6.45, 7) is 0. The van der Waals surface area contributed by atoms with Gasteiger partial charge in [0.05, 0.1) is 22.1 Å². The van der Waals surface area contributed by atoms with E-state index in [4.69, 9.17) is 15.0 Å². The van der Waals surface area contributed by atoms with E-state index in [-0.39, 0.29) is 5.92 Å². The first-order valence-electron chi connectivity index (χ1n) is 21.2. The molecule has 0 aliphatic heterocycles. The molecule has 0 bridgehead atoms. The maximum Gasteiger partial charge on any atom is 0.163 e. The van der Waals surface area contributed by atoms with Gasteiger partial charge in [-0.05, 0) is 83.3 Å². The average Bonchev–Trinajstić information content (AvgIpc) is 3.87. The van der Waals surface area contributed by atoms with Crippen molar-refractivity contribution < 1.29 is 0 Å². The largest absolute Gasteiger partial charge is 0.309 e. The molecule has 12 rings (SSSR count). The number of nitrogens with zero attached hydrogens (tertiary/aromatic N) is 5. The number of rotatable bonds is 7. The van der Waals surface area contributed by atoms with Gasteiger partial charge in [0.15, 0.2) is 11.6 Å². The van der Waals surface area contributed by atoms with Crippen LogP contribution < -0.4 is 0 Å². The molecule has 3 heterocycles. The zero-order valence-corrected chi connectivity index (χ0v) is 33.8. The van der Waals surface area contributed by atoms with Crippen molar-refractivity contribution in [1.29, 1.82) is 0 Å². The summed E-state index contributed by atoms with van der Waals surface area (Å²) >= 11 is 0. The summed E-state index contributed by atoms with van der Waals surface area (Å²) in [5.41, 5.74) is 13.7. The van der Waals surface area contributed by atoms with E-state index >= 15 is 0 Å². The fourth-order valence-electron chi connectivity index (χ4n) is 9.23. The van der Waals surface area contributed by atoms with E-state index in [1.165, 1.54) is 54.7 Å². The van der Waals surface area contributed by atoms with Gasteiger partial charge in [0, 0.05) is 50.0 Å². The molecule has 0 fully saturated rings. The van der Waals surface area contributed by atoms with E-state index in [1.807, 2.05) is 18.2 Å². The van der Waals surface area contributed by atoms with Gasteiger partial charge in [-0.25, -0.2) is 15.0 Å². The minimum atomic E-state index is 0.119. The number of fused-ring (bicyclic) bond motifs is 6. The number of aromatic nitrogens is 5. The average molecular weight is 794 g/mol. The summed E-state index contributed by atoms with van der Waals surface area (Å²) in [4.78, 5) is 14.9. The summed E-state index contributed by atoms with van der Waals surface area (Å²) in [6.07, 6.45) is 9.37. The number of hydrogen-bond acceptors (Lipinski definition) is 3. The van der Waals surface area contributed by atoms with Gasteiger partial charge in [0.2, 0.25) is 0 Å². The summed E-state index contributed by atoms with van der Waals surface area (Å²) in [6, 6.07) is 69.6. The highest BCUT2D eigenvalue weighted by molar-refractivity contribution is 6.12. The minimum Gasteiger partial charge on any atom is -0.309 e. The van der Waals surface area contributed by atoms with Crippen molar-refractivity contribution in [3.63, 3.8) is 0 Å². The molecular formula is C57H39N5. The molecule has 1 aliphatic rings. The van der Waals surface area contributed by atoms with Crippen LogP contribution in [-0.4, -0.2) is 24.1 Å². The standard InChI is InChI=1S/C57H39N5/c1-4-14-40(15-5-1)55-58-56(41-16-6-2-7-17-41)60-57(59-55)42-26-24-38(25-27-42)39-28-32-46(33-29-39)61-52-23-13-11-21-48(52)50-36-43(31-35-53(50)61)44-30-34-49-47-20-10-12-22-51(47)62(54(49)37-44)45-18-8-3-9-19-45/h1-16,18-37,41H,17H2. The fraction of sp³-hybridized carbons (Fsp3) is 0.0351. The second kappa shape index (κ2) is 14.8. The number of para-hydroxylation sites is 3. The topological polar surface area (TPSA) is 48.5 Å². The molecule has 11 aromatic rings. The minimum absolute atomic E-state index is 0.119. The SMILES string of the molecule is C1=CCC(c2nc(-c3ccccc3)nc(-c3ccc(-c4ccc(-n5c6ccccc6c6cc(-c7ccc8c9ccccc9n(-c9ccccc9)c8c7)ccc65)cc4)cc3)n2)C=C1. The monoisotopic (exact) mass is 793 g/mol. The lowest BCUT2D eigenvalue weighted by Crippen LogP contribution is -2.07. The van der Waals surface area contributed by atoms with Gasteiger partial charge in [0.25, 0.3) is 0 Å². The molecule has 5 heteroatoms. The van der Waals surface area contributed by atoms with E-state index in [2.05, 4.69) is 209 Å². The normalized spacial score (nSPS) is 13.8. The van der Waals surface area contributed by atoms with Crippen molar-refractivity contribution in [3.05, 3.63) is 224 Å². The predicted molar refractivity (Wildman–Crippen MR) is 256 cm³/mol. The molecule has 0 saturated heterocycles. The summed E-state index contributed by atoms with van der Waals surface area (Å²) < 4.78 is 4.77. The second-order valence-electron chi connectivity index (χ2n) is 16.0. The molecule has 3 aromatic heterocycles. The highest BCUT2D eigenvalue weighted by atomic mass is 15.0. The van der Waals surface area contributed by atoms with Crippen molar-refractivity contribution in [2.45, 2.75) is 12.3 Å². The molecule has 0 N–H and O–H groups in total. The summed E-state index contributed by atoms with van der Waals surface area (Å²) in [5, 5.41) is 4.98. The molecule has 8 aromatic carbocycles. The zero-order chi connectivity index (χ0) is 41.0. The van der Waals surface area contributed by atoms with E-state index in [1.54, 1.807) is 0 Å². The van der Waals surface area contributed by atoms with Gasteiger partial charge in [-0.15, -0.1) is 0 Å². The van der Waals surface area contributed by atoms with E-state index in [0.29, 0.717) is 11.6 Å². The zero-order valence-electron chi connectivity index (χ0n) is 33.8. The Balaban J connectivity index is 0.883. The summed E-state index contributed by atoms with van der Waals surface area (Å²) in [5.74, 6) is 2.29. The Hall–Kier alpha value is -8.15. The van der Waals surface area contributed by atoms with Crippen LogP contribution in [0.25, 0.3) is 100 Å². The third-order valence-corrected chi connectivity index (χ3v) is 12.3. The van der Waals surface area contributed by atoms with Gasteiger partial charge >= 0.3 is 0 Å². The molecular weight excluding hydrogens is 755 g/mol. The number of hydrogen-bond donors (Lipinski definition) is 0. The maximum absolute atomic E-state index is 4.99. The number of allylic oxidation sites excluding steroid dienone is 4. The molecule has 0 radical (unpaired) electrons. The second-order valence-corrected chi connectivity index (χ2v) is 16.0. The highest BCUT2D eigenvalue weighted by Gasteiger charge is 2.19. The molecule has 5 nitrogen and oxygen atoms in total. The van der Waals surface area contributed by atoms with Crippen molar-refractivity contribution >= 4 is 43.6 Å². The number of benzene rings is 8. The highest BCUT2D eigenvalue weighted by Crippen LogP contribution is 2.39. The van der Waals surface area contributed by atoms with Gasteiger partial charge in [-0.1, -0.05) is 164 Å². The third-order valence-electron chi connectivity index (χ3n) is 12.3. The Kier molecular flexibility index (Phi) is 8.56. The Morgan fingerprint density at radius 1 is 0.355 bits per heavy atom. The van der Waals surface area contributed by atoms with Gasteiger partial charge in [-0.3, -0.25) is 0 Å². The van der Waals surface area contributed by atoms with Crippen LogP contribution >= 0.6 is 0 Å². The quantitative estimate of drug-likeness (QED) is 0.161. The third kappa shape index (κ3) is 6.13. The first-order valence-corrected chi connectivity index (χ1v) is 21.2. The van der Waals surface area contributed by atoms with Crippen LogP contribution in [0.2, 0.25) is 0 Å². The smallest absolute Gasteiger partial charge is 0.163 e. The van der Waals surface area contributed by atoms with Crippen LogP contribution in [0, 0.1) is 0 Å². The van der Waals surface area contributed by atoms with Crippen LogP contribution in [-0.2, 0) is 0 Å². The lowest BCUT2D eigenvalue weighted by Gasteiger charge is -2.14. The van der Waals surface area contributed by atoms with Crippen LogP contribution in [0.15, 0.2) is 218 Å². The summed E-state index contributed by atoms with van der Waals surface area (Å²) in [7, 11) is 0. The molecule has 1 unspecified atom stereocenters. The van der Waals surface area contributed by atoms with Gasteiger partial charge < -0.3 is 9.13 Å². The Morgan fingerprint density at radius 2 is 0.855 bits per heavy atom. The lowest BCUT2D eigenvalue weighted by molar-refractivity contribution is 0.764. The van der Waals surface area contributed by atoms with E-state index in [9.17, 15) is 0 Å². The van der Waals surface area contributed by atoms with Crippen molar-refractivity contribution in [3.8, 4) is 56.4 Å². The Labute approximate surface area is 359 Å². The van der Waals surface area contributed by atoms with E-state index < -0.39 is 0 Å². The maximum atomic E-state index is 4.99. The van der Waals surface area contributed by atoms with Gasteiger partial charge in [-0.2, -0.15) is 0 Å². The lowest BCUT2D eigenvalue weighted by atomic mass is 9.99. The van der Waals surface area contributed by atoms with Crippen molar-refractivity contribution in [2.24, 2.45) is 0 Å². The first kappa shape index (κ1) is 35.8. The first-order chi connectivity index (χ1) is 30.7. The Morgan fingerprint density at radius 3 is 1.55 bits per heavy atom. The fourth-order valence-corrected chi connectivity index (χ4v) is 9.23. The molecule has 292 valence electrons. The molecule has 1 aliphatic carbocycles. The Bertz CT molecular complexity index is 3520. The molecule has 1 atom stereocenters. The molecule has 0 saturated carbocycles. The van der Waals surface area contributed by atoms with Crippen LogP contribution in [0.1, 0.15) is 18.2 Å². The van der Waals surface area contributed by atoms with Crippen LogP contribution in [0.5, 0.6) is 0 Å².